The van der Waals surface area contributed by atoms with Gasteiger partial charge in [0.1, 0.15) is 5.75 Å². The number of methoxy groups -OCH3 is 1. The lowest BCUT2D eigenvalue weighted by Gasteiger charge is -2.62. The number of benzene rings is 3. The van der Waals surface area contributed by atoms with Crippen molar-refractivity contribution in [1.29, 1.82) is 0 Å². The first-order chi connectivity index (χ1) is 16.8. The molecule has 3 saturated heterocycles. The molecule has 2 bridgehead atoms. The fraction of sp³-hybridized carbons (Fsp3) is 0.438. The Labute approximate surface area is 211 Å². The van der Waals surface area contributed by atoms with Gasteiger partial charge in [-0.2, -0.15) is 0 Å². The van der Waals surface area contributed by atoms with E-state index < -0.39 is 0 Å². The third-order valence-corrected chi connectivity index (χ3v) is 8.79. The van der Waals surface area contributed by atoms with Crippen molar-refractivity contribution >= 4 is 0 Å². The summed E-state index contributed by atoms with van der Waals surface area (Å²) in [5.41, 5.74) is 12.5. The van der Waals surface area contributed by atoms with Crippen molar-refractivity contribution in [3.8, 4) is 5.75 Å². The zero-order valence-electron chi connectivity index (χ0n) is 21.9. The van der Waals surface area contributed by atoms with E-state index >= 15 is 0 Å². The molecule has 3 fully saturated rings. The monoisotopic (exact) mass is 468 g/mol. The van der Waals surface area contributed by atoms with Gasteiger partial charge in [-0.1, -0.05) is 99.6 Å². The Kier molecular flexibility index (Phi) is 6.27. The van der Waals surface area contributed by atoms with Crippen LogP contribution in [-0.4, -0.2) is 36.7 Å². The predicted molar refractivity (Wildman–Crippen MR) is 145 cm³/mol. The number of nitrogens with zero attached hydrogens (tertiary/aromatic N) is 1. The second kappa shape index (κ2) is 9.11. The Balaban J connectivity index is 1.58. The summed E-state index contributed by atoms with van der Waals surface area (Å²) in [6.45, 7) is 11.3. The van der Waals surface area contributed by atoms with Gasteiger partial charge in [-0.25, -0.2) is 0 Å². The molecular formula is C32H40N2O. The number of piperidine rings is 3. The molecule has 0 spiro atoms. The van der Waals surface area contributed by atoms with E-state index in [1.807, 2.05) is 7.11 Å². The average Bonchev–Trinajstić information content (AvgIpc) is 2.87. The van der Waals surface area contributed by atoms with Crippen LogP contribution in [0.5, 0.6) is 5.75 Å². The van der Waals surface area contributed by atoms with Crippen molar-refractivity contribution in [3.63, 3.8) is 0 Å². The van der Waals surface area contributed by atoms with E-state index in [0.717, 1.165) is 25.3 Å². The lowest BCUT2D eigenvalue weighted by atomic mass is 9.58. The quantitative estimate of drug-likeness (QED) is 0.475. The molecule has 3 nitrogen and oxygen atoms in total. The molecule has 2 N–H and O–H groups in total. The molecule has 3 heteroatoms. The molecule has 0 saturated carbocycles. The van der Waals surface area contributed by atoms with E-state index in [1.165, 1.54) is 22.3 Å². The first-order valence-corrected chi connectivity index (χ1v) is 13.0. The van der Waals surface area contributed by atoms with Crippen LogP contribution in [0.2, 0.25) is 0 Å². The van der Waals surface area contributed by atoms with Crippen LogP contribution in [0.1, 0.15) is 68.2 Å². The second-order valence-corrected chi connectivity index (χ2v) is 11.7. The fourth-order valence-corrected chi connectivity index (χ4v) is 7.01. The van der Waals surface area contributed by atoms with Gasteiger partial charge < -0.3 is 10.5 Å². The fourth-order valence-electron chi connectivity index (χ4n) is 7.01. The molecule has 3 aromatic carbocycles. The standard InChI is InChI=1S/C32H40N2O/c1-31(2,3)27-18-12-17-24(29(27)35-5)26-21-34-20-19-25(26)30(33)32(34,4)28(22-13-8-6-9-14-22)23-15-10-7-11-16-23/h6-18,25-26,28,30H,19-21,33H2,1-5H3. The van der Waals surface area contributed by atoms with E-state index in [4.69, 9.17) is 10.5 Å². The topological polar surface area (TPSA) is 38.5 Å². The molecule has 6 rings (SSSR count). The molecule has 3 heterocycles. The van der Waals surface area contributed by atoms with Crippen molar-refractivity contribution in [2.45, 2.75) is 62.9 Å². The van der Waals surface area contributed by atoms with Gasteiger partial charge in [0.05, 0.1) is 7.11 Å². The van der Waals surface area contributed by atoms with Crippen molar-refractivity contribution in [2.75, 3.05) is 20.2 Å². The predicted octanol–water partition coefficient (Wildman–Crippen LogP) is 6.33. The van der Waals surface area contributed by atoms with Crippen LogP contribution in [-0.2, 0) is 5.41 Å². The highest BCUT2D eigenvalue weighted by molar-refractivity contribution is 5.49. The highest BCUT2D eigenvalue weighted by Crippen LogP contribution is 2.54. The Bertz CT molecular complexity index is 1110. The molecule has 3 aliphatic heterocycles. The van der Waals surface area contributed by atoms with Gasteiger partial charge in [0.2, 0.25) is 0 Å². The summed E-state index contributed by atoms with van der Waals surface area (Å²) < 4.78 is 6.08. The summed E-state index contributed by atoms with van der Waals surface area (Å²) in [5, 5.41) is 0. The summed E-state index contributed by atoms with van der Waals surface area (Å²) in [4.78, 5) is 2.69. The van der Waals surface area contributed by atoms with Crippen LogP contribution >= 0.6 is 0 Å². The Morgan fingerprint density at radius 2 is 1.51 bits per heavy atom. The molecule has 3 aliphatic rings. The van der Waals surface area contributed by atoms with Crippen LogP contribution in [0.15, 0.2) is 78.9 Å². The summed E-state index contributed by atoms with van der Waals surface area (Å²) >= 11 is 0. The van der Waals surface area contributed by atoms with Crippen LogP contribution in [0.4, 0.5) is 0 Å². The van der Waals surface area contributed by atoms with E-state index in [1.54, 1.807) is 0 Å². The van der Waals surface area contributed by atoms with Gasteiger partial charge in [-0.15, -0.1) is 0 Å². The first kappa shape index (κ1) is 24.1. The minimum absolute atomic E-state index is 0.0255. The van der Waals surface area contributed by atoms with Gasteiger partial charge in [-0.3, -0.25) is 4.90 Å². The van der Waals surface area contributed by atoms with Crippen LogP contribution in [0.25, 0.3) is 0 Å². The molecule has 0 aromatic heterocycles. The minimum Gasteiger partial charge on any atom is -0.496 e. The number of rotatable bonds is 5. The molecular weight excluding hydrogens is 428 g/mol. The first-order valence-electron chi connectivity index (χ1n) is 13.0. The Morgan fingerprint density at radius 3 is 2.03 bits per heavy atom. The molecule has 0 radical (unpaired) electrons. The van der Waals surface area contributed by atoms with Gasteiger partial charge >= 0.3 is 0 Å². The lowest BCUT2D eigenvalue weighted by Crippen LogP contribution is -2.72. The van der Waals surface area contributed by atoms with E-state index in [9.17, 15) is 0 Å². The smallest absolute Gasteiger partial charge is 0.126 e. The van der Waals surface area contributed by atoms with Crippen molar-refractivity contribution in [2.24, 2.45) is 11.7 Å². The van der Waals surface area contributed by atoms with Crippen molar-refractivity contribution in [1.82, 2.24) is 4.90 Å². The average molecular weight is 469 g/mol. The molecule has 184 valence electrons. The molecule has 0 amide bonds. The molecule has 5 atom stereocenters. The number of hydrogen-bond donors (Lipinski definition) is 1. The van der Waals surface area contributed by atoms with Crippen LogP contribution in [0.3, 0.4) is 0 Å². The van der Waals surface area contributed by atoms with E-state index in [-0.39, 0.29) is 22.9 Å². The van der Waals surface area contributed by atoms with E-state index in [0.29, 0.717) is 11.8 Å². The maximum absolute atomic E-state index is 7.33. The molecule has 5 unspecified atom stereocenters. The van der Waals surface area contributed by atoms with Crippen molar-refractivity contribution < 1.29 is 4.74 Å². The summed E-state index contributed by atoms with van der Waals surface area (Å²) in [5.74, 6) is 2.04. The number of fused-ring (bicyclic) bond motifs is 3. The Hall–Kier alpha value is -2.62. The molecule has 35 heavy (non-hydrogen) atoms. The van der Waals surface area contributed by atoms with Crippen molar-refractivity contribution in [3.05, 3.63) is 101 Å². The van der Waals surface area contributed by atoms with E-state index in [2.05, 4.69) is 111 Å². The Morgan fingerprint density at radius 1 is 0.914 bits per heavy atom. The molecule has 0 aliphatic carbocycles. The van der Waals surface area contributed by atoms with Gasteiger partial charge in [-0.05, 0) is 53.5 Å². The molecule has 3 aromatic rings. The third-order valence-electron chi connectivity index (χ3n) is 8.79. The highest BCUT2D eigenvalue weighted by Gasteiger charge is 2.57. The number of ether oxygens (including phenoxy) is 1. The van der Waals surface area contributed by atoms with Gasteiger partial charge in [0.25, 0.3) is 0 Å². The summed E-state index contributed by atoms with van der Waals surface area (Å²) in [7, 11) is 1.82. The number of para-hydroxylation sites is 1. The summed E-state index contributed by atoms with van der Waals surface area (Å²) in [6, 6.07) is 28.6. The minimum atomic E-state index is -0.170. The third kappa shape index (κ3) is 3.99. The SMILES string of the molecule is COc1c(C2CN3CCC2C(N)C3(C)C(c2ccccc2)c2ccccc2)cccc1C(C)(C)C. The number of hydrogen-bond acceptors (Lipinski definition) is 3. The van der Waals surface area contributed by atoms with Crippen LogP contribution < -0.4 is 10.5 Å². The van der Waals surface area contributed by atoms with Gasteiger partial charge in [0.15, 0.2) is 0 Å². The zero-order chi connectivity index (χ0) is 24.8. The number of nitrogens with two attached hydrogens (primary N) is 1. The maximum atomic E-state index is 7.33. The van der Waals surface area contributed by atoms with Gasteiger partial charge in [0, 0.05) is 30.0 Å². The summed E-state index contributed by atoms with van der Waals surface area (Å²) in [6.07, 6.45) is 1.13. The highest BCUT2D eigenvalue weighted by atomic mass is 16.5. The largest absolute Gasteiger partial charge is 0.496 e. The normalized spacial score (nSPS) is 28.3. The lowest BCUT2D eigenvalue weighted by molar-refractivity contribution is -0.0611. The maximum Gasteiger partial charge on any atom is 0.126 e. The van der Waals surface area contributed by atoms with Crippen LogP contribution in [0, 0.1) is 5.92 Å². The zero-order valence-corrected chi connectivity index (χ0v) is 21.9. The second-order valence-electron chi connectivity index (χ2n) is 11.7.